The molecule has 0 unspecified atom stereocenters. The quantitative estimate of drug-likeness (QED) is 0.780. The number of urea groups is 1. The summed E-state index contributed by atoms with van der Waals surface area (Å²) in [7, 11) is 3.47. The number of nitrogens with zero attached hydrogens (tertiary/aromatic N) is 3. The van der Waals surface area contributed by atoms with Crippen LogP contribution < -0.4 is 0 Å². The first-order valence-electron chi connectivity index (χ1n) is 10.1. The molecule has 6 nitrogen and oxygen atoms in total. The molecule has 0 bridgehead atoms. The van der Waals surface area contributed by atoms with E-state index in [1.54, 1.807) is 25.1 Å². The van der Waals surface area contributed by atoms with E-state index in [2.05, 4.69) is 0 Å². The molecule has 3 heterocycles. The molecule has 3 aliphatic heterocycles. The van der Waals surface area contributed by atoms with Gasteiger partial charge in [-0.1, -0.05) is 12.1 Å². The third kappa shape index (κ3) is 3.48. The van der Waals surface area contributed by atoms with Gasteiger partial charge in [-0.05, 0) is 30.5 Å². The van der Waals surface area contributed by atoms with E-state index in [0.29, 0.717) is 32.8 Å². The van der Waals surface area contributed by atoms with Gasteiger partial charge >= 0.3 is 6.03 Å². The number of likely N-dealkylation sites (tertiary alicyclic amines) is 2. The predicted octanol–water partition coefficient (Wildman–Crippen LogP) is 2.37. The van der Waals surface area contributed by atoms with Crippen molar-refractivity contribution in [2.75, 3.05) is 46.9 Å². The molecular formula is C21H28FN3O3. The lowest BCUT2D eigenvalue weighted by Gasteiger charge is -2.33. The molecule has 152 valence electrons. The van der Waals surface area contributed by atoms with Crippen LogP contribution >= 0.6 is 0 Å². The van der Waals surface area contributed by atoms with Gasteiger partial charge in [-0.3, -0.25) is 4.79 Å². The van der Waals surface area contributed by atoms with Crippen molar-refractivity contribution in [3.8, 4) is 0 Å². The Morgan fingerprint density at radius 1 is 1.14 bits per heavy atom. The Hall–Kier alpha value is -2.15. The summed E-state index contributed by atoms with van der Waals surface area (Å²) >= 11 is 0. The summed E-state index contributed by atoms with van der Waals surface area (Å²) in [6.07, 6.45) is 1.56. The van der Waals surface area contributed by atoms with Crippen LogP contribution in [0.25, 0.3) is 0 Å². The first-order chi connectivity index (χ1) is 13.5. The molecule has 3 fully saturated rings. The molecule has 28 heavy (non-hydrogen) atoms. The zero-order valence-corrected chi connectivity index (χ0v) is 16.5. The van der Waals surface area contributed by atoms with Crippen LogP contribution in [-0.4, -0.2) is 73.6 Å². The van der Waals surface area contributed by atoms with E-state index in [0.717, 1.165) is 18.4 Å². The van der Waals surface area contributed by atoms with Crippen molar-refractivity contribution < 1.29 is 18.7 Å². The average molecular weight is 389 g/mol. The maximum absolute atomic E-state index is 13.9. The smallest absolute Gasteiger partial charge is 0.320 e. The fraction of sp³-hybridized carbons (Fsp3) is 0.619. The second kappa shape index (κ2) is 7.70. The van der Waals surface area contributed by atoms with Crippen molar-refractivity contribution in [3.05, 3.63) is 35.6 Å². The molecule has 4 rings (SSSR count). The molecule has 0 radical (unpaired) electrons. The molecule has 3 amide bonds. The van der Waals surface area contributed by atoms with Crippen LogP contribution in [0.1, 0.15) is 24.4 Å². The summed E-state index contributed by atoms with van der Waals surface area (Å²) in [5, 5.41) is 0. The van der Waals surface area contributed by atoms with Gasteiger partial charge in [0.05, 0.1) is 6.04 Å². The van der Waals surface area contributed by atoms with Gasteiger partial charge in [0.2, 0.25) is 5.91 Å². The number of carbonyl (C=O) groups excluding carboxylic acids is 2. The Bertz CT molecular complexity index is 750. The van der Waals surface area contributed by atoms with Gasteiger partial charge in [-0.25, -0.2) is 9.18 Å². The minimum absolute atomic E-state index is 0.0414. The SMILES string of the molecule is CN(C)C(=O)N1C[C@H]2CN(C(=O)C3CCOCC3)C[C@H]2[C@H]1c1cccc(F)c1. The average Bonchev–Trinajstić information content (AvgIpc) is 3.25. The van der Waals surface area contributed by atoms with E-state index in [4.69, 9.17) is 4.74 Å². The standard InChI is InChI=1S/C21H28FN3O3/c1-23(2)21(27)25-12-16-11-24(20(26)14-6-8-28-9-7-14)13-18(16)19(25)15-4-3-5-17(22)10-15/h3-5,10,14,16,18-19H,6-9,11-13H2,1-2H3/t16-,18-,19-/m1/s1. The van der Waals surface area contributed by atoms with Crippen molar-refractivity contribution in [2.24, 2.45) is 17.8 Å². The number of rotatable bonds is 2. The summed E-state index contributed by atoms with van der Waals surface area (Å²) in [6, 6.07) is 6.25. The Kier molecular flexibility index (Phi) is 5.27. The highest BCUT2D eigenvalue weighted by atomic mass is 19.1. The Morgan fingerprint density at radius 2 is 1.89 bits per heavy atom. The van der Waals surface area contributed by atoms with E-state index < -0.39 is 0 Å². The number of amides is 3. The van der Waals surface area contributed by atoms with Gasteiger partial charge in [-0.15, -0.1) is 0 Å². The Labute approximate surface area is 165 Å². The topological polar surface area (TPSA) is 53.1 Å². The number of benzene rings is 1. The van der Waals surface area contributed by atoms with E-state index in [-0.39, 0.29) is 41.6 Å². The number of hydrogen-bond donors (Lipinski definition) is 0. The summed E-state index contributed by atoms with van der Waals surface area (Å²) in [6.45, 7) is 3.19. The normalized spacial score (nSPS) is 27.8. The lowest BCUT2D eigenvalue weighted by molar-refractivity contribution is -0.137. The summed E-state index contributed by atoms with van der Waals surface area (Å²) in [4.78, 5) is 31.1. The van der Waals surface area contributed by atoms with Crippen LogP contribution in [-0.2, 0) is 9.53 Å². The lowest BCUT2D eigenvalue weighted by atomic mass is 9.89. The van der Waals surface area contributed by atoms with Gasteiger partial charge in [0.1, 0.15) is 5.82 Å². The van der Waals surface area contributed by atoms with Crippen molar-refractivity contribution in [1.82, 2.24) is 14.7 Å². The highest BCUT2D eigenvalue weighted by Gasteiger charge is 2.51. The summed E-state index contributed by atoms with van der Waals surface area (Å²) < 4.78 is 19.3. The maximum atomic E-state index is 13.9. The predicted molar refractivity (Wildman–Crippen MR) is 102 cm³/mol. The van der Waals surface area contributed by atoms with Gasteiger partial charge in [0.25, 0.3) is 0 Å². The minimum atomic E-state index is -0.300. The second-order valence-electron chi connectivity index (χ2n) is 8.38. The highest BCUT2D eigenvalue weighted by molar-refractivity contribution is 5.79. The van der Waals surface area contributed by atoms with Crippen molar-refractivity contribution in [3.63, 3.8) is 0 Å². The molecule has 7 heteroatoms. The van der Waals surface area contributed by atoms with Crippen LogP contribution in [0.15, 0.2) is 24.3 Å². The van der Waals surface area contributed by atoms with Gasteiger partial charge in [0, 0.05) is 64.7 Å². The molecule has 3 saturated heterocycles. The number of halogens is 1. The van der Waals surface area contributed by atoms with Crippen LogP contribution in [0.3, 0.4) is 0 Å². The van der Waals surface area contributed by atoms with E-state index in [9.17, 15) is 14.0 Å². The Balaban J connectivity index is 1.56. The molecule has 3 atom stereocenters. The first kappa shape index (κ1) is 19.2. The van der Waals surface area contributed by atoms with Gasteiger partial charge in [-0.2, -0.15) is 0 Å². The molecule has 0 aliphatic carbocycles. The molecule has 1 aromatic carbocycles. The highest BCUT2D eigenvalue weighted by Crippen LogP contribution is 2.45. The molecule has 0 saturated carbocycles. The number of hydrogen-bond acceptors (Lipinski definition) is 3. The largest absolute Gasteiger partial charge is 0.381 e. The number of fused-ring (bicyclic) bond motifs is 1. The molecule has 1 aromatic rings. The van der Waals surface area contributed by atoms with E-state index >= 15 is 0 Å². The fourth-order valence-electron chi connectivity index (χ4n) is 5.00. The van der Waals surface area contributed by atoms with Crippen LogP contribution in [0.4, 0.5) is 9.18 Å². The van der Waals surface area contributed by atoms with Crippen molar-refractivity contribution in [2.45, 2.75) is 18.9 Å². The second-order valence-corrected chi connectivity index (χ2v) is 8.38. The number of carbonyl (C=O) groups is 2. The maximum Gasteiger partial charge on any atom is 0.320 e. The molecule has 0 N–H and O–H groups in total. The fourth-order valence-corrected chi connectivity index (χ4v) is 5.00. The van der Waals surface area contributed by atoms with E-state index in [1.165, 1.54) is 12.1 Å². The lowest BCUT2D eigenvalue weighted by Crippen LogP contribution is -2.43. The molecular weight excluding hydrogens is 361 g/mol. The third-order valence-electron chi connectivity index (χ3n) is 6.36. The van der Waals surface area contributed by atoms with Crippen molar-refractivity contribution >= 4 is 11.9 Å². The zero-order chi connectivity index (χ0) is 19.8. The number of ether oxygens (including phenoxy) is 1. The van der Waals surface area contributed by atoms with Crippen LogP contribution in [0.5, 0.6) is 0 Å². The molecule has 0 spiro atoms. The van der Waals surface area contributed by atoms with Gasteiger partial charge in [0.15, 0.2) is 0 Å². The van der Waals surface area contributed by atoms with Gasteiger partial charge < -0.3 is 19.4 Å². The van der Waals surface area contributed by atoms with Crippen LogP contribution in [0, 0.1) is 23.6 Å². The zero-order valence-electron chi connectivity index (χ0n) is 16.5. The van der Waals surface area contributed by atoms with Crippen LogP contribution in [0.2, 0.25) is 0 Å². The van der Waals surface area contributed by atoms with E-state index in [1.807, 2.05) is 15.9 Å². The third-order valence-corrected chi connectivity index (χ3v) is 6.36. The first-order valence-corrected chi connectivity index (χ1v) is 10.1. The Morgan fingerprint density at radius 3 is 2.57 bits per heavy atom. The monoisotopic (exact) mass is 389 g/mol. The summed E-state index contributed by atoms with van der Waals surface area (Å²) in [5.41, 5.74) is 0.808. The molecule has 3 aliphatic rings. The minimum Gasteiger partial charge on any atom is -0.381 e. The molecule has 0 aromatic heterocycles. The summed E-state index contributed by atoms with van der Waals surface area (Å²) in [5.74, 6) is 0.308. The van der Waals surface area contributed by atoms with Crippen molar-refractivity contribution in [1.29, 1.82) is 0 Å².